The largest absolute Gasteiger partial charge is 0.475 e. The molecule has 6 heteroatoms. The zero-order valence-electron chi connectivity index (χ0n) is 9.50. The van der Waals surface area contributed by atoms with E-state index in [0.717, 1.165) is 0 Å². The Labute approximate surface area is 102 Å². The van der Waals surface area contributed by atoms with E-state index in [4.69, 9.17) is 19.3 Å². The highest BCUT2D eigenvalue weighted by Crippen LogP contribution is 2.35. The second-order valence-electron chi connectivity index (χ2n) is 3.33. The zero-order chi connectivity index (χ0) is 13.1. The van der Waals surface area contributed by atoms with E-state index in [1.54, 1.807) is 31.2 Å². The fourth-order valence-electron chi connectivity index (χ4n) is 1.40. The van der Waals surface area contributed by atoms with Gasteiger partial charge in [0.2, 0.25) is 0 Å². The van der Waals surface area contributed by atoms with Crippen LogP contribution in [0.25, 0.3) is 0 Å². The van der Waals surface area contributed by atoms with Crippen molar-refractivity contribution in [3.63, 3.8) is 0 Å². The molecule has 1 aromatic carbocycles. The molecule has 1 aromatic rings. The van der Waals surface area contributed by atoms with Crippen molar-refractivity contribution in [3.05, 3.63) is 35.8 Å². The lowest BCUT2D eigenvalue weighted by molar-refractivity contribution is -0.144. The fourth-order valence-corrected chi connectivity index (χ4v) is 1.40. The molecular weight excluding hydrogens is 240 g/mol. The Morgan fingerprint density at radius 1 is 1.17 bits per heavy atom. The van der Waals surface area contributed by atoms with Gasteiger partial charge in [-0.15, -0.1) is 0 Å². The first-order valence-electron chi connectivity index (χ1n) is 5.23. The molecule has 2 rings (SSSR count). The lowest BCUT2D eigenvalue weighted by atomic mass is 10.2. The molecule has 1 heterocycles. The molecule has 0 aromatic heterocycles. The van der Waals surface area contributed by atoms with Crippen molar-refractivity contribution in [3.8, 4) is 11.5 Å². The molecule has 0 aliphatic carbocycles. The predicted molar refractivity (Wildman–Crippen MR) is 59.0 cm³/mol. The third kappa shape index (κ3) is 2.13. The van der Waals surface area contributed by atoms with Crippen molar-refractivity contribution >= 4 is 11.9 Å². The standard InChI is InChI=1S/C12H10O6/c1-2-16-12(15)10-9(11(13)14)17-7-5-3-4-6-8(7)18-10/h3-6H,2H2,1H3,(H,13,14). The molecule has 1 aliphatic heterocycles. The normalized spacial score (nSPS) is 13.2. The molecule has 0 spiro atoms. The van der Waals surface area contributed by atoms with Gasteiger partial charge in [-0.2, -0.15) is 0 Å². The minimum absolute atomic E-state index is 0.111. The van der Waals surface area contributed by atoms with Gasteiger partial charge >= 0.3 is 11.9 Å². The Kier molecular flexibility index (Phi) is 3.18. The lowest BCUT2D eigenvalue weighted by Gasteiger charge is -2.20. The molecule has 1 N–H and O–H groups in total. The molecule has 1 aliphatic rings. The number of aliphatic carboxylic acids is 1. The van der Waals surface area contributed by atoms with E-state index >= 15 is 0 Å². The Bertz CT molecular complexity index is 531. The molecule has 0 saturated heterocycles. The number of para-hydroxylation sites is 2. The predicted octanol–water partition coefficient (Wildman–Crippen LogP) is 1.32. The summed E-state index contributed by atoms with van der Waals surface area (Å²) in [5.41, 5.74) is 0. The van der Waals surface area contributed by atoms with Crippen molar-refractivity contribution in [2.75, 3.05) is 6.61 Å². The van der Waals surface area contributed by atoms with Gasteiger partial charge in [0.1, 0.15) is 0 Å². The Morgan fingerprint density at radius 3 is 2.22 bits per heavy atom. The van der Waals surface area contributed by atoms with Crippen LogP contribution < -0.4 is 9.47 Å². The molecule has 0 radical (unpaired) electrons. The molecule has 0 unspecified atom stereocenters. The number of carboxylic acid groups (broad SMARTS) is 1. The smallest absolute Gasteiger partial charge is 0.378 e. The van der Waals surface area contributed by atoms with Crippen LogP contribution in [0.4, 0.5) is 0 Å². The van der Waals surface area contributed by atoms with Crippen LogP contribution in [0.15, 0.2) is 35.8 Å². The van der Waals surface area contributed by atoms with E-state index in [-0.39, 0.29) is 18.1 Å². The summed E-state index contributed by atoms with van der Waals surface area (Å²) in [4.78, 5) is 22.6. The second-order valence-corrected chi connectivity index (χ2v) is 3.33. The van der Waals surface area contributed by atoms with Crippen LogP contribution in [0.3, 0.4) is 0 Å². The highest BCUT2D eigenvalue weighted by Gasteiger charge is 2.32. The van der Waals surface area contributed by atoms with Crippen molar-refractivity contribution in [1.29, 1.82) is 0 Å². The molecule has 0 atom stereocenters. The van der Waals surface area contributed by atoms with Crippen LogP contribution in [0.1, 0.15) is 6.92 Å². The Hall–Kier alpha value is -2.50. The van der Waals surface area contributed by atoms with Crippen LogP contribution in [0, 0.1) is 0 Å². The van der Waals surface area contributed by atoms with Crippen LogP contribution in [0.5, 0.6) is 11.5 Å². The maximum atomic E-state index is 11.6. The molecule has 6 nitrogen and oxygen atoms in total. The minimum atomic E-state index is -1.40. The van der Waals surface area contributed by atoms with E-state index < -0.39 is 23.5 Å². The third-order valence-electron chi connectivity index (χ3n) is 2.13. The summed E-state index contributed by atoms with van der Waals surface area (Å²) < 4.78 is 15.1. The van der Waals surface area contributed by atoms with E-state index in [1.807, 2.05) is 0 Å². The molecule has 0 saturated carbocycles. The van der Waals surface area contributed by atoms with Gasteiger partial charge in [0.05, 0.1) is 6.61 Å². The van der Waals surface area contributed by atoms with Gasteiger partial charge < -0.3 is 19.3 Å². The summed E-state index contributed by atoms with van der Waals surface area (Å²) in [5.74, 6) is -2.79. The van der Waals surface area contributed by atoms with Gasteiger partial charge in [-0.1, -0.05) is 12.1 Å². The van der Waals surface area contributed by atoms with Gasteiger partial charge in [-0.3, -0.25) is 0 Å². The van der Waals surface area contributed by atoms with Crippen LogP contribution in [-0.2, 0) is 14.3 Å². The van der Waals surface area contributed by atoms with Gasteiger partial charge in [0, 0.05) is 0 Å². The molecule has 0 amide bonds. The Balaban J connectivity index is 2.40. The van der Waals surface area contributed by atoms with E-state index in [9.17, 15) is 9.59 Å². The average Bonchev–Trinajstić information content (AvgIpc) is 2.37. The maximum Gasteiger partial charge on any atom is 0.378 e. The first-order valence-corrected chi connectivity index (χ1v) is 5.23. The molecular formula is C12H10O6. The SMILES string of the molecule is CCOC(=O)C1=C(C(=O)O)Oc2ccccc2O1. The fraction of sp³-hybridized carbons (Fsp3) is 0.167. The number of carboxylic acids is 1. The van der Waals surface area contributed by atoms with E-state index in [2.05, 4.69) is 0 Å². The van der Waals surface area contributed by atoms with Crippen LogP contribution in [-0.4, -0.2) is 23.7 Å². The summed E-state index contributed by atoms with van der Waals surface area (Å²) in [7, 11) is 0. The number of carbonyl (C=O) groups is 2. The quantitative estimate of drug-likeness (QED) is 0.814. The number of ether oxygens (including phenoxy) is 3. The summed E-state index contributed by atoms with van der Waals surface area (Å²) in [5, 5.41) is 8.98. The summed E-state index contributed by atoms with van der Waals surface area (Å²) in [6.07, 6.45) is 0. The molecule has 18 heavy (non-hydrogen) atoms. The highest BCUT2D eigenvalue weighted by atomic mass is 16.6. The molecule has 94 valence electrons. The van der Waals surface area contributed by atoms with Crippen LogP contribution >= 0.6 is 0 Å². The van der Waals surface area contributed by atoms with Crippen molar-refractivity contribution in [2.45, 2.75) is 6.92 Å². The third-order valence-corrected chi connectivity index (χ3v) is 2.13. The Morgan fingerprint density at radius 2 is 1.72 bits per heavy atom. The summed E-state index contributed by atoms with van der Waals surface area (Å²) >= 11 is 0. The van der Waals surface area contributed by atoms with Gasteiger partial charge in [-0.25, -0.2) is 9.59 Å². The number of esters is 1. The average molecular weight is 250 g/mol. The molecule has 0 fully saturated rings. The number of carbonyl (C=O) groups excluding carboxylic acids is 1. The van der Waals surface area contributed by atoms with Crippen LogP contribution in [0.2, 0.25) is 0 Å². The first-order chi connectivity index (χ1) is 8.63. The van der Waals surface area contributed by atoms with Crippen molar-refractivity contribution < 1.29 is 28.9 Å². The lowest BCUT2D eigenvalue weighted by Crippen LogP contribution is -2.24. The maximum absolute atomic E-state index is 11.6. The number of hydrogen-bond acceptors (Lipinski definition) is 5. The number of benzene rings is 1. The van der Waals surface area contributed by atoms with Gasteiger partial charge in [0.25, 0.3) is 11.5 Å². The zero-order valence-corrected chi connectivity index (χ0v) is 9.50. The van der Waals surface area contributed by atoms with Crippen molar-refractivity contribution in [2.24, 2.45) is 0 Å². The van der Waals surface area contributed by atoms with Gasteiger partial charge in [-0.05, 0) is 19.1 Å². The monoisotopic (exact) mass is 250 g/mol. The first kappa shape index (κ1) is 12.0. The minimum Gasteiger partial charge on any atom is -0.475 e. The molecule has 0 bridgehead atoms. The number of hydrogen-bond donors (Lipinski definition) is 1. The number of fused-ring (bicyclic) bond motifs is 1. The second kappa shape index (κ2) is 4.79. The van der Waals surface area contributed by atoms with E-state index in [0.29, 0.717) is 0 Å². The summed E-state index contributed by atoms with van der Waals surface area (Å²) in [6.45, 7) is 1.72. The summed E-state index contributed by atoms with van der Waals surface area (Å²) in [6, 6.07) is 6.45. The van der Waals surface area contributed by atoms with Crippen molar-refractivity contribution in [1.82, 2.24) is 0 Å². The van der Waals surface area contributed by atoms with Gasteiger partial charge in [0.15, 0.2) is 11.5 Å². The number of rotatable bonds is 3. The topological polar surface area (TPSA) is 82.1 Å². The van der Waals surface area contributed by atoms with E-state index in [1.165, 1.54) is 0 Å². The highest BCUT2D eigenvalue weighted by molar-refractivity contribution is 5.98.